The molecule has 0 aromatic heterocycles. The minimum absolute atomic E-state index is 1.62. The van der Waals surface area contributed by atoms with Crippen molar-refractivity contribution in [2.45, 2.75) is 20.1 Å². The van der Waals surface area contributed by atoms with Crippen LogP contribution in [-0.2, 0) is 4.74 Å². The summed E-state index contributed by atoms with van der Waals surface area (Å²) in [6, 6.07) is 0. The molecule has 0 spiro atoms. The minimum atomic E-state index is -7.20. The van der Waals surface area contributed by atoms with Crippen molar-refractivity contribution < 1.29 is 71.9 Å². The van der Waals surface area contributed by atoms with Crippen molar-refractivity contribution in [1.29, 1.82) is 0 Å². The fourth-order valence-electron chi connectivity index (χ4n) is 0.804. The van der Waals surface area contributed by atoms with Gasteiger partial charge in [0.25, 0.3) is 0 Å². The van der Waals surface area contributed by atoms with Gasteiger partial charge in [0.15, 0.2) is 0 Å². The van der Waals surface area contributed by atoms with E-state index in [1.54, 1.807) is 4.74 Å². The number of halogens is 18. The van der Waals surface area contributed by atoms with Crippen molar-refractivity contribution in [2.75, 3.05) is 0 Å². The fourth-order valence-corrected chi connectivity index (χ4v) is 4.03. The molecule has 0 aliphatic carbocycles. The van der Waals surface area contributed by atoms with Gasteiger partial charge in [-0.25, -0.2) is 0 Å². The molecule has 164 valence electrons. The van der Waals surface area contributed by atoms with Crippen molar-refractivity contribution in [2.24, 2.45) is 0 Å². The van der Waals surface area contributed by atoms with Crippen LogP contribution in [0.1, 0.15) is 0 Å². The van der Waals surface area contributed by atoms with Crippen molar-refractivity contribution in [3.05, 3.63) is 19.8 Å². The van der Waals surface area contributed by atoms with Crippen LogP contribution in [0, 0.1) is 0 Å². The maximum atomic E-state index is 13.0. The Labute approximate surface area is 152 Å². The van der Waals surface area contributed by atoms with E-state index in [0.717, 1.165) is 0 Å². The first-order valence-electron chi connectivity index (χ1n) is 5.10. The van der Waals surface area contributed by atoms with E-state index >= 15 is 0 Å². The van der Waals surface area contributed by atoms with E-state index in [-0.39, 0.29) is 0 Å². The number of ether oxygens (including phenoxy) is 1. The average molecular weight is 670 g/mol. The monoisotopic (exact) mass is 670 g/mol. The average Bonchev–Trinajstić information content (AvgIpc) is 2.49. The van der Waals surface area contributed by atoms with Crippen LogP contribution in [-0.4, -0.2) is 20.1 Å². The molecule has 0 unspecified atom stereocenters. The zero-order valence-electron chi connectivity index (χ0n) is 11.2. The molecule has 0 rings (SSSR count). The number of rotatable bonds is 8. The van der Waals surface area contributed by atoms with Crippen LogP contribution in [0.15, 0.2) is 19.8 Å². The summed E-state index contributed by atoms with van der Waals surface area (Å²) in [7, 11) is 0. The number of hydrogen-bond acceptors (Lipinski definition) is 1. The van der Waals surface area contributed by atoms with Crippen LogP contribution in [0.2, 0.25) is 0 Å². The van der Waals surface area contributed by atoms with E-state index in [9.17, 15) is 67.2 Å². The third-order valence-corrected chi connectivity index (χ3v) is 8.02. The first-order valence-corrected chi connectivity index (χ1v) is 11.0. The Balaban J connectivity index is 5.95. The van der Waals surface area contributed by atoms with Gasteiger partial charge in [0.1, 0.15) is 0 Å². The van der Waals surface area contributed by atoms with Crippen LogP contribution < -0.4 is 0 Å². The summed E-state index contributed by atoms with van der Waals surface area (Å²) < 4.78 is 181. The molecular formula is C8F16I2O. The summed E-state index contributed by atoms with van der Waals surface area (Å²) in [5, 5.41) is 0. The van der Waals surface area contributed by atoms with Gasteiger partial charge in [0, 0.05) is 0 Å². The summed E-state index contributed by atoms with van der Waals surface area (Å²) in [6.45, 7) is 0. The van der Waals surface area contributed by atoms with E-state index in [1.807, 2.05) is 0 Å². The number of alkyl halides is 10. The molecule has 0 saturated heterocycles. The molecule has 0 amide bonds. The molecule has 0 heterocycles. The van der Waals surface area contributed by atoms with Gasteiger partial charge in [-0.2, -0.15) is 0 Å². The Morgan fingerprint density at radius 3 is 0.926 bits per heavy atom. The first kappa shape index (κ1) is 26.8. The molecule has 27 heavy (non-hydrogen) atoms. The van der Waals surface area contributed by atoms with E-state index in [2.05, 4.69) is 0 Å². The number of hydrogen-bond donors (Lipinski definition) is 0. The fraction of sp³-hybridized carbons (Fsp3) is 0.500. The van der Waals surface area contributed by atoms with E-state index in [0.29, 0.717) is 0 Å². The molecular weight excluding hydrogens is 670 g/mol. The Hall–Kier alpha value is -0.220. The molecule has 0 fully saturated rings. The first-order chi connectivity index (χ1) is 11.7. The van der Waals surface area contributed by atoms with Crippen molar-refractivity contribution >= 4 is 40.8 Å². The van der Waals surface area contributed by atoms with Gasteiger partial charge >= 0.3 is 153 Å². The van der Waals surface area contributed by atoms with Gasteiger partial charge in [0.05, 0.1) is 0 Å². The zero-order valence-corrected chi connectivity index (χ0v) is 15.5. The Morgan fingerprint density at radius 2 is 0.741 bits per heavy atom. The topological polar surface area (TPSA) is 9.23 Å². The molecule has 19 heteroatoms. The van der Waals surface area contributed by atoms with Gasteiger partial charge in [-0.1, -0.05) is 0 Å². The summed E-state index contributed by atoms with van der Waals surface area (Å²) >= 11 is -14.4. The van der Waals surface area contributed by atoms with Crippen molar-refractivity contribution in [3.63, 3.8) is 0 Å². The third-order valence-electron chi connectivity index (χ3n) is 1.91. The molecule has 0 saturated carbocycles. The van der Waals surface area contributed by atoms with Crippen LogP contribution >= 0.6 is 40.8 Å². The Morgan fingerprint density at radius 1 is 0.519 bits per heavy atom. The molecule has 1 nitrogen and oxygen atoms in total. The standard InChI is InChI=1S/C8F16I2O/c9-1(10)3(13)25(23)5(15,16)7(19,20)27-8(21,22)6(17,18)26(24)4(14)2(11)12. The molecule has 0 aliphatic rings. The van der Waals surface area contributed by atoms with Crippen LogP contribution in [0.25, 0.3) is 0 Å². The molecule has 0 aliphatic heterocycles. The van der Waals surface area contributed by atoms with Gasteiger partial charge in [-0.05, 0) is 0 Å². The molecule has 0 aromatic rings. The SMILES string of the molecule is FC(F)=C(F)I(F)C(F)(F)C(F)(F)OC(F)(F)C(F)(F)I(F)C(F)=C(F)F. The summed E-state index contributed by atoms with van der Waals surface area (Å²) in [5.74, 6) is 0. The Bertz CT molecular complexity index is 554. The predicted octanol–water partition coefficient (Wildman–Crippen LogP) is 8.23. The quantitative estimate of drug-likeness (QED) is 0.144. The zero-order chi connectivity index (χ0) is 22.2. The van der Waals surface area contributed by atoms with Gasteiger partial charge in [-0.15, -0.1) is 0 Å². The second-order valence-electron chi connectivity index (χ2n) is 3.65. The van der Waals surface area contributed by atoms with E-state index < -0.39 is 80.7 Å². The van der Waals surface area contributed by atoms with Crippen molar-refractivity contribution in [3.8, 4) is 0 Å². The van der Waals surface area contributed by atoms with E-state index in [1.165, 1.54) is 0 Å². The summed E-state index contributed by atoms with van der Waals surface area (Å²) in [6.07, 6.45) is -22.1. The van der Waals surface area contributed by atoms with Gasteiger partial charge in [0.2, 0.25) is 0 Å². The Kier molecular flexibility index (Phi) is 8.58. The van der Waals surface area contributed by atoms with Crippen LogP contribution in [0.4, 0.5) is 67.2 Å². The second-order valence-corrected chi connectivity index (χ2v) is 11.0. The van der Waals surface area contributed by atoms with Gasteiger partial charge in [-0.3, -0.25) is 0 Å². The molecule has 0 bridgehead atoms. The normalized spacial score (nSPS) is 14.7. The summed E-state index contributed by atoms with van der Waals surface area (Å²) in [5.41, 5.74) is 0. The van der Waals surface area contributed by atoms with Crippen molar-refractivity contribution in [1.82, 2.24) is 0 Å². The summed E-state index contributed by atoms with van der Waals surface area (Å²) in [4.78, 5) is 0. The third kappa shape index (κ3) is 5.44. The maximum absolute atomic E-state index is 13.0. The predicted molar refractivity (Wildman–Crippen MR) is 71.8 cm³/mol. The second kappa shape index (κ2) is 8.65. The molecule has 0 N–H and O–H groups in total. The molecule has 0 aromatic carbocycles. The molecule has 0 radical (unpaired) electrons. The van der Waals surface area contributed by atoms with E-state index in [4.69, 9.17) is 0 Å². The molecule has 0 atom stereocenters. The van der Waals surface area contributed by atoms with Crippen LogP contribution in [0.5, 0.6) is 0 Å². The van der Waals surface area contributed by atoms with Crippen LogP contribution in [0.3, 0.4) is 0 Å². The van der Waals surface area contributed by atoms with Gasteiger partial charge < -0.3 is 0 Å².